The molecule has 0 saturated heterocycles. The fourth-order valence-corrected chi connectivity index (χ4v) is 4.25. The van der Waals surface area contributed by atoms with Gasteiger partial charge < -0.3 is 5.32 Å². The van der Waals surface area contributed by atoms with Crippen molar-refractivity contribution in [3.8, 4) is 0 Å². The lowest BCUT2D eigenvalue weighted by atomic mass is 10.2. The molecule has 0 saturated carbocycles. The summed E-state index contributed by atoms with van der Waals surface area (Å²) in [5.41, 5.74) is 1.79. The van der Waals surface area contributed by atoms with Gasteiger partial charge in [-0.15, -0.1) is 10.2 Å². The summed E-state index contributed by atoms with van der Waals surface area (Å²) >= 11 is 20.3. The fourth-order valence-electron chi connectivity index (χ4n) is 2.15. The summed E-state index contributed by atoms with van der Waals surface area (Å²) in [5.74, 6) is -0.519. The number of rotatable bonds is 6. The average Bonchev–Trinajstić information content (AvgIpc) is 3.12. The summed E-state index contributed by atoms with van der Waals surface area (Å²) in [7, 11) is 0. The van der Waals surface area contributed by atoms with E-state index in [1.54, 1.807) is 24.3 Å². The molecule has 0 bridgehead atoms. The quantitative estimate of drug-likeness (QED) is 0.339. The molecule has 6 nitrogen and oxygen atoms in total. The van der Waals surface area contributed by atoms with E-state index >= 15 is 0 Å². The van der Waals surface area contributed by atoms with Crippen LogP contribution in [-0.2, 0) is 4.79 Å². The zero-order valence-electron chi connectivity index (χ0n) is 14.8. The third-order valence-corrected chi connectivity index (χ3v) is 6.53. The van der Waals surface area contributed by atoms with E-state index in [-0.39, 0.29) is 22.2 Å². The summed E-state index contributed by atoms with van der Waals surface area (Å²) in [6.45, 7) is 1.88. The molecule has 0 aliphatic rings. The molecular formula is C18H13Cl3N4O2S2. The molecule has 2 aromatic carbocycles. The Bertz CT molecular complexity index is 1080. The highest BCUT2D eigenvalue weighted by Crippen LogP contribution is 2.27. The second-order valence-electron chi connectivity index (χ2n) is 5.75. The van der Waals surface area contributed by atoms with Crippen LogP contribution in [0.25, 0.3) is 0 Å². The first-order chi connectivity index (χ1) is 13.8. The number of halogens is 3. The molecule has 0 fully saturated rings. The molecule has 1 aromatic heterocycles. The number of nitrogens with one attached hydrogen (secondary N) is 2. The standard InChI is InChI=1S/C18H13Cl3N4O2S2/c1-9-2-4-11(7-14(9)21)22-15(26)8-28-18-25-24-17(29-18)23-16(27)12-6-10(19)3-5-13(12)20/h2-7H,8H2,1H3,(H,22,26)(H,23,24,27). The SMILES string of the molecule is Cc1ccc(NC(=O)CSc2nnc(NC(=O)c3cc(Cl)ccc3Cl)s2)cc1Cl. The predicted molar refractivity (Wildman–Crippen MR) is 120 cm³/mol. The third-order valence-electron chi connectivity index (χ3n) is 3.58. The van der Waals surface area contributed by atoms with E-state index in [9.17, 15) is 9.59 Å². The second kappa shape index (κ2) is 9.77. The number of aromatic nitrogens is 2. The Morgan fingerprint density at radius 2 is 1.83 bits per heavy atom. The molecule has 2 N–H and O–H groups in total. The van der Waals surface area contributed by atoms with Crippen LogP contribution >= 0.6 is 57.9 Å². The molecule has 11 heteroatoms. The van der Waals surface area contributed by atoms with Gasteiger partial charge in [-0.25, -0.2) is 0 Å². The lowest BCUT2D eigenvalue weighted by Crippen LogP contribution is -2.13. The number of carbonyl (C=O) groups excluding carboxylic acids is 2. The topological polar surface area (TPSA) is 84.0 Å². The molecule has 3 aromatic rings. The van der Waals surface area contributed by atoms with Crippen molar-refractivity contribution < 1.29 is 9.59 Å². The van der Waals surface area contributed by atoms with E-state index in [0.29, 0.717) is 25.2 Å². The van der Waals surface area contributed by atoms with Gasteiger partial charge in [0.25, 0.3) is 5.91 Å². The van der Waals surface area contributed by atoms with Crippen molar-refractivity contribution in [3.63, 3.8) is 0 Å². The van der Waals surface area contributed by atoms with Crippen LogP contribution in [0.3, 0.4) is 0 Å². The van der Waals surface area contributed by atoms with Crippen molar-refractivity contribution in [2.75, 3.05) is 16.4 Å². The van der Waals surface area contributed by atoms with Gasteiger partial charge in [-0.05, 0) is 42.8 Å². The van der Waals surface area contributed by atoms with Gasteiger partial charge in [0.05, 0.1) is 16.3 Å². The molecule has 0 spiro atoms. The Morgan fingerprint density at radius 3 is 2.59 bits per heavy atom. The number of hydrogen-bond donors (Lipinski definition) is 2. The van der Waals surface area contributed by atoms with Gasteiger partial charge in [0.2, 0.25) is 11.0 Å². The zero-order chi connectivity index (χ0) is 21.0. The highest BCUT2D eigenvalue weighted by Gasteiger charge is 2.15. The van der Waals surface area contributed by atoms with Gasteiger partial charge in [0.15, 0.2) is 4.34 Å². The second-order valence-corrected chi connectivity index (χ2v) is 9.20. The Labute approximate surface area is 190 Å². The number of thioether (sulfide) groups is 1. The van der Waals surface area contributed by atoms with Crippen molar-refractivity contribution in [1.29, 1.82) is 0 Å². The number of aryl methyl sites for hydroxylation is 1. The molecular weight excluding hydrogens is 475 g/mol. The molecule has 0 radical (unpaired) electrons. The van der Waals surface area contributed by atoms with E-state index < -0.39 is 5.91 Å². The van der Waals surface area contributed by atoms with Crippen molar-refractivity contribution in [2.24, 2.45) is 0 Å². The van der Waals surface area contributed by atoms with Crippen LogP contribution in [0, 0.1) is 6.92 Å². The third kappa shape index (κ3) is 6.07. The van der Waals surface area contributed by atoms with Crippen LogP contribution in [0.2, 0.25) is 15.1 Å². The number of anilines is 2. The minimum absolute atomic E-state index is 0.133. The number of benzene rings is 2. The maximum atomic E-state index is 12.3. The minimum atomic E-state index is -0.445. The molecule has 3 rings (SSSR count). The maximum Gasteiger partial charge on any atom is 0.259 e. The Kier molecular flexibility index (Phi) is 7.37. The first-order valence-electron chi connectivity index (χ1n) is 8.10. The predicted octanol–water partition coefficient (Wildman–Crippen LogP) is 5.79. The van der Waals surface area contributed by atoms with Gasteiger partial charge in [-0.1, -0.05) is 64.0 Å². The average molecular weight is 488 g/mol. The van der Waals surface area contributed by atoms with E-state index in [4.69, 9.17) is 34.8 Å². The van der Waals surface area contributed by atoms with Gasteiger partial charge >= 0.3 is 0 Å². The molecule has 29 heavy (non-hydrogen) atoms. The maximum absolute atomic E-state index is 12.3. The van der Waals surface area contributed by atoms with Crippen LogP contribution < -0.4 is 10.6 Å². The Morgan fingerprint density at radius 1 is 1.03 bits per heavy atom. The van der Waals surface area contributed by atoms with Gasteiger partial charge in [-0.3, -0.25) is 14.9 Å². The zero-order valence-corrected chi connectivity index (χ0v) is 18.7. The van der Waals surface area contributed by atoms with E-state index in [0.717, 1.165) is 16.9 Å². The number of nitrogens with zero attached hydrogens (tertiary/aromatic N) is 2. The van der Waals surface area contributed by atoms with Crippen molar-refractivity contribution in [1.82, 2.24) is 10.2 Å². The lowest BCUT2D eigenvalue weighted by Gasteiger charge is -2.06. The summed E-state index contributed by atoms with van der Waals surface area (Å²) in [6, 6.07) is 9.91. The highest BCUT2D eigenvalue weighted by molar-refractivity contribution is 8.01. The first kappa shape index (κ1) is 21.9. The van der Waals surface area contributed by atoms with Crippen molar-refractivity contribution in [3.05, 3.63) is 62.6 Å². The highest BCUT2D eigenvalue weighted by atomic mass is 35.5. The van der Waals surface area contributed by atoms with Crippen molar-refractivity contribution in [2.45, 2.75) is 11.3 Å². The first-order valence-corrected chi connectivity index (χ1v) is 11.0. The molecule has 0 unspecified atom stereocenters. The number of amides is 2. The number of carbonyl (C=O) groups is 2. The largest absolute Gasteiger partial charge is 0.325 e. The summed E-state index contributed by atoms with van der Waals surface area (Å²) in [6.07, 6.45) is 0. The van der Waals surface area contributed by atoms with E-state index in [1.807, 2.05) is 13.0 Å². The van der Waals surface area contributed by atoms with Crippen LogP contribution in [0.1, 0.15) is 15.9 Å². The van der Waals surface area contributed by atoms with E-state index in [2.05, 4.69) is 20.8 Å². The summed E-state index contributed by atoms with van der Waals surface area (Å²) in [4.78, 5) is 24.4. The minimum Gasteiger partial charge on any atom is -0.325 e. The van der Waals surface area contributed by atoms with Gasteiger partial charge in [-0.2, -0.15) is 0 Å². The number of hydrogen-bond acceptors (Lipinski definition) is 6. The van der Waals surface area contributed by atoms with Crippen LogP contribution in [0.15, 0.2) is 40.7 Å². The normalized spacial score (nSPS) is 10.6. The van der Waals surface area contributed by atoms with Crippen LogP contribution in [0.5, 0.6) is 0 Å². The smallest absolute Gasteiger partial charge is 0.259 e. The Hall–Kier alpha value is -1.84. The molecule has 0 aliphatic heterocycles. The Balaban J connectivity index is 1.54. The summed E-state index contributed by atoms with van der Waals surface area (Å²) in [5, 5.41) is 14.8. The molecule has 0 aliphatic carbocycles. The van der Waals surface area contributed by atoms with Crippen LogP contribution in [0.4, 0.5) is 10.8 Å². The van der Waals surface area contributed by atoms with Gasteiger partial charge in [0, 0.05) is 15.7 Å². The lowest BCUT2D eigenvalue weighted by molar-refractivity contribution is -0.113. The van der Waals surface area contributed by atoms with Crippen molar-refractivity contribution >= 4 is 80.5 Å². The van der Waals surface area contributed by atoms with Gasteiger partial charge in [0.1, 0.15) is 0 Å². The molecule has 2 amide bonds. The molecule has 150 valence electrons. The molecule has 0 atom stereocenters. The van der Waals surface area contributed by atoms with Crippen LogP contribution in [-0.4, -0.2) is 27.8 Å². The summed E-state index contributed by atoms with van der Waals surface area (Å²) < 4.78 is 0.537. The fraction of sp³-hybridized carbons (Fsp3) is 0.111. The van der Waals surface area contributed by atoms with E-state index in [1.165, 1.54) is 17.8 Å². The monoisotopic (exact) mass is 486 g/mol. The molecule has 1 heterocycles.